The van der Waals surface area contributed by atoms with Crippen LogP contribution in [-0.2, 0) is 16.6 Å². The molecule has 0 aliphatic heterocycles. The molecule has 1 aromatic carbocycles. The number of aromatic nitrogens is 2. The fourth-order valence-corrected chi connectivity index (χ4v) is 3.21. The van der Waals surface area contributed by atoms with Gasteiger partial charge in [0.15, 0.2) is 5.78 Å². The molecule has 1 aliphatic carbocycles. The third-order valence-corrected chi connectivity index (χ3v) is 4.91. The molecule has 1 saturated carbocycles. The topological polar surface area (TPSA) is 72.0 Å². The van der Waals surface area contributed by atoms with E-state index < -0.39 is 24.7 Å². The number of carbonyl (C=O) groups is 2. The lowest BCUT2D eigenvalue weighted by Gasteiger charge is -2.42. The molecule has 5 nitrogen and oxygen atoms in total. The van der Waals surface area contributed by atoms with E-state index in [-0.39, 0.29) is 16.8 Å². The minimum Gasteiger partial charge on any atom is -0.344 e. The average molecular weight is 377 g/mol. The molecular formula is C19H18F3N3O2. The molecule has 3 rings (SSSR count). The summed E-state index contributed by atoms with van der Waals surface area (Å²) in [7, 11) is 0. The zero-order valence-corrected chi connectivity index (χ0v) is 14.4. The van der Waals surface area contributed by atoms with E-state index in [1.807, 2.05) is 5.32 Å². The van der Waals surface area contributed by atoms with E-state index in [9.17, 15) is 22.8 Å². The van der Waals surface area contributed by atoms with Crippen molar-refractivity contribution in [1.29, 1.82) is 0 Å². The molecule has 27 heavy (non-hydrogen) atoms. The van der Waals surface area contributed by atoms with Gasteiger partial charge < -0.3 is 5.32 Å². The Kier molecular flexibility index (Phi) is 5.53. The molecular weight excluding hydrogens is 359 g/mol. The van der Waals surface area contributed by atoms with E-state index >= 15 is 0 Å². The summed E-state index contributed by atoms with van der Waals surface area (Å²) in [4.78, 5) is 31.1. The Morgan fingerprint density at radius 3 is 2.26 bits per heavy atom. The maximum atomic E-state index is 13.2. The summed E-state index contributed by atoms with van der Waals surface area (Å²) in [6.07, 6.45) is 3.02. The largest absolute Gasteiger partial charge is 0.344 e. The van der Waals surface area contributed by atoms with Crippen molar-refractivity contribution in [3.63, 3.8) is 0 Å². The number of hydrogen-bond acceptors (Lipinski definition) is 4. The van der Waals surface area contributed by atoms with Crippen molar-refractivity contribution < 1.29 is 22.8 Å². The first kappa shape index (κ1) is 19.0. The second-order valence-corrected chi connectivity index (χ2v) is 6.65. The third-order valence-electron chi connectivity index (χ3n) is 4.91. The van der Waals surface area contributed by atoms with Crippen molar-refractivity contribution in [2.45, 2.75) is 37.5 Å². The maximum absolute atomic E-state index is 13.2. The molecule has 0 bridgehead atoms. The molecule has 142 valence electrons. The van der Waals surface area contributed by atoms with Gasteiger partial charge in [0.05, 0.1) is 12.1 Å². The van der Waals surface area contributed by atoms with Gasteiger partial charge in [0.25, 0.3) is 5.91 Å². The highest BCUT2D eigenvalue weighted by atomic mass is 19.3. The smallest absolute Gasteiger partial charge is 0.315 e. The Morgan fingerprint density at radius 2 is 1.74 bits per heavy atom. The standard InChI is InChI=1S/C19H18F3N3O2/c20-14-4-2-13(3-5-14)19(6-1-7-19)8-16-23-9-12(10-24-16)15(26)11-25-18(27)17(21)22/h2-5,9-10,17H,1,6-8,11H2,(H,25,27). The summed E-state index contributed by atoms with van der Waals surface area (Å²) in [6.45, 7) is -0.536. The summed E-state index contributed by atoms with van der Waals surface area (Å²) in [5.41, 5.74) is 1.04. The van der Waals surface area contributed by atoms with Crippen LogP contribution in [0.4, 0.5) is 13.2 Å². The van der Waals surface area contributed by atoms with E-state index in [1.165, 1.54) is 24.5 Å². The fourth-order valence-electron chi connectivity index (χ4n) is 3.21. The highest BCUT2D eigenvalue weighted by Gasteiger charge is 2.39. The van der Waals surface area contributed by atoms with Crippen molar-refractivity contribution in [3.8, 4) is 0 Å². The molecule has 0 radical (unpaired) electrons. The zero-order valence-electron chi connectivity index (χ0n) is 14.4. The summed E-state index contributed by atoms with van der Waals surface area (Å²) >= 11 is 0. The number of carbonyl (C=O) groups excluding carboxylic acids is 2. The van der Waals surface area contributed by atoms with Crippen LogP contribution in [0.1, 0.15) is 41.0 Å². The Hall–Kier alpha value is -2.77. The van der Waals surface area contributed by atoms with Gasteiger partial charge in [0, 0.05) is 24.2 Å². The van der Waals surface area contributed by atoms with Gasteiger partial charge in [-0.3, -0.25) is 9.59 Å². The second kappa shape index (κ2) is 7.85. The van der Waals surface area contributed by atoms with Crippen LogP contribution in [0.3, 0.4) is 0 Å². The normalized spacial score (nSPS) is 15.3. The molecule has 0 spiro atoms. The SMILES string of the molecule is O=C(CNC(=O)C(F)F)c1cnc(CC2(c3ccc(F)cc3)CCC2)nc1. The van der Waals surface area contributed by atoms with Crippen LogP contribution in [0.2, 0.25) is 0 Å². The van der Waals surface area contributed by atoms with Crippen LogP contribution >= 0.6 is 0 Å². The summed E-state index contributed by atoms with van der Waals surface area (Å²) < 4.78 is 37.4. The van der Waals surface area contributed by atoms with Crippen molar-refractivity contribution in [3.05, 3.63) is 59.4 Å². The number of alkyl halides is 2. The zero-order chi connectivity index (χ0) is 19.4. The number of Topliss-reactive ketones (excluding diaryl/α,β-unsaturated/α-hetero) is 1. The van der Waals surface area contributed by atoms with Crippen LogP contribution in [0, 0.1) is 5.82 Å². The van der Waals surface area contributed by atoms with Crippen molar-refractivity contribution in [2.24, 2.45) is 0 Å². The molecule has 1 aromatic heterocycles. The number of amides is 1. The van der Waals surface area contributed by atoms with Crippen LogP contribution in [-0.4, -0.2) is 34.6 Å². The Balaban J connectivity index is 1.65. The number of nitrogens with one attached hydrogen (secondary N) is 1. The molecule has 1 aliphatic rings. The average Bonchev–Trinajstić information content (AvgIpc) is 2.63. The first-order chi connectivity index (χ1) is 12.9. The van der Waals surface area contributed by atoms with Crippen LogP contribution in [0.15, 0.2) is 36.7 Å². The monoisotopic (exact) mass is 377 g/mol. The third kappa shape index (κ3) is 4.32. The van der Waals surface area contributed by atoms with Crippen LogP contribution in [0.5, 0.6) is 0 Å². The fraction of sp³-hybridized carbons (Fsp3) is 0.368. The molecule has 0 saturated heterocycles. The van der Waals surface area contributed by atoms with Gasteiger partial charge in [-0.15, -0.1) is 0 Å². The van der Waals surface area contributed by atoms with Gasteiger partial charge in [-0.25, -0.2) is 14.4 Å². The molecule has 2 aromatic rings. The number of ketones is 1. The van der Waals surface area contributed by atoms with Gasteiger partial charge in [0.2, 0.25) is 0 Å². The number of nitrogens with zero attached hydrogens (tertiary/aromatic N) is 2. The lowest BCUT2D eigenvalue weighted by Crippen LogP contribution is -2.37. The first-order valence-electron chi connectivity index (χ1n) is 8.56. The number of rotatable bonds is 7. The van der Waals surface area contributed by atoms with E-state index in [0.29, 0.717) is 12.2 Å². The van der Waals surface area contributed by atoms with Crippen molar-refractivity contribution in [1.82, 2.24) is 15.3 Å². The van der Waals surface area contributed by atoms with Crippen molar-refractivity contribution >= 4 is 11.7 Å². The van der Waals surface area contributed by atoms with Crippen molar-refractivity contribution in [2.75, 3.05) is 6.54 Å². The van der Waals surface area contributed by atoms with Gasteiger partial charge in [-0.1, -0.05) is 18.6 Å². The molecule has 1 N–H and O–H groups in total. The molecule has 1 fully saturated rings. The number of halogens is 3. The second-order valence-electron chi connectivity index (χ2n) is 6.65. The first-order valence-corrected chi connectivity index (χ1v) is 8.56. The highest BCUT2D eigenvalue weighted by molar-refractivity contribution is 5.99. The van der Waals surface area contributed by atoms with E-state index in [0.717, 1.165) is 24.8 Å². The van der Waals surface area contributed by atoms with Gasteiger partial charge in [-0.2, -0.15) is 8.78 Å². The van der Waals surface area contributed by atoms with Gasteiger partial charge in [0.1, 0.15) is 11.6 Å². The lowest BCUT2D eigenvalue weighted by atomic mass is 9.62. The predicted octanol–water partition coefficient (Wildman–Crippen LogP) is 2.84. The Bertz CT molecular complexity index is 819. The van der Waals surface area contributed by atoms with Crippen LogP contribution < -0.4 is 5.32 Å². The Morgan fingerprint density at radius 1 is 1.11 bits per heavy atom. The van der Waals surface area contributed by atoms with E-state index in [1.54, 1.807) is 12.1 Å². The minimum absolute atomic E-state index is 0.134. The molecule has 8 heteroatoms. The van der Waals surface area contributed by atoms with E-state index in [2.05, 4.69) is 9.97 Å². The van der Waals surface area contributed by atoms with Gasteiger partial charge in [-0.05, 0) is 30.5 Å². The Labute approximate surface area is 154 Å². The minimum atomic E-state index is -3.17. The van der Waals surface area contributed by atoms with Gasteiger partial charge >= 0.3 is 6.43 Å². The predicted molar refractivity (Wildman–Crippen MR) is 91.0 cm³/mol. The molecule has 1 heterocycles. The van der Waals surface area contributed by atoms with Crippen LogP contribution in [0.25, 0.3) is 0 Å². The number of hydrogen-bond donors (Lipinski definition) is 1. The quantitative estimate of drug-likeness (QED) is 0.753. The highest BCUT2D eigenvalue weighted by Crippen LogP contribution is 2.45. The summed E-state index contributed by atoms with van der Waals surface area (Å²) in [6, 6.07) is 6.42. The molecule has 0 atom stereocenters. The maximum Gasteiger partial charge on any atom is 0.315 e. The molecule has 1 amide bonds. The van der Waals surface area contributed by atoms with E-state index in [4.69, 9.17) is 0 Å². The lowest BCUT2D eigenvalue weighted by molar-refractivity contribution is -0.131. The number of benzene rings is 1. The summed E-state index contributed by atoms with van der Waals surface area (Å²) in [5, 5.41) is 1.85. The summed E-state index contributed by atoms with van der Waals surface area (Å²) in [5.74, 6) is -1.78. The molecule has 0 unspecified atom stereocenters.